The summed E-state index contributed by atoms with van der Waals surface area (Å²) in [6.07, 6.45) is 0. The van der Waals surface area contributed by atoms with Crippen LogP contribution in [0.3, 0.4) is 0 Å². The Kier molecular flexibility index (Phi) is 2.43. The van der Waals surface area contributed by atoms with Crippen LogP contribution in [-0.2, 0) is 10.2 Å². The maximum absolute atomic E-state index is 11.1. The minimum atomic E-state index is -1.05. The van der Waals surface area contributed by atoms with Crippen molar-refractivity contribution in [1.29, 1.82) is 0 Å². The monoisotopic (exact) mass is 238 g/mol. The molecule has 0 aliphatic heterocycles. The lowest BCUT2D eigenvalue weighted by atomic mass is 9.90. The number of hydrogen-bond donors (Lipinski definition) is 1. The summed E-state index contributed by atoms with van der Waals surface area (Å²) >= 11 is 5.99. The molecule has 0 saturated heterocycles. The van der Waals surface area contributed by atoms with E-state index in [1.54, 1.807) is 38.1 Å². The first kappa shape index (κ1) is 11.0. The Bertz CT molecular complexity index is 554. The van der Waals surface area contributed by atoms with Gasteiger partial charge in [0.25, 0.3) is 0 Å². The second-order valence-corrected chi connectivity index (χ2v) is 4.60. The van der Waals surface area contributed by atoms with Crippen LogP contribution in [0.2, 0.25) is 5.02 Å². The van der Waals surface area contributed by atoms with E-state index in [1.807, 2.05) is 0 Å². The van der Waals surface area contributed by atoms with Crippen LogP contribution in [0.5, 0.6) is 0 Å². The Labute approximate surface area is 97.6 Å². The highest BCUT2D eigenvalue weighted by Gasteiger charge is 2.33. The van der Waals surface area contributed by atoms with Crippen molar-refractivity contribution in [2.75, 3.05) is 0 Å². The lowest BCUT2D eigenvalue weighted by Crippen LogP contribution is -2.27. The molecule has 0 unspecified atom stereocenters. The largest absolute Gasteiger partial charge is 0.481 e. The molecular weight excluding hydrogens is 228 g/mol. The van der Waals surface area contributed by atoms with Crippen LogP contribution in [0.1, 0.15) is 19.6 Å². The van der Waals surface area contributed by atoms with Gasteiger partial charge in [-0.1, -0.05) is 17.7 Å². The Hall–Kier alpha value is -1.48. The number of fused-ring (bicyclic) bond motifs is 1. The summed E-state index contributed by atoms with van der Waals surface area (Å²) < 4.78 is 5.51. The maximum Gasteiger partial charge on any atom is 0.316 e. The molecule has 1 aromatic heterocycles. The van der Waals surface area contributed by atoms with Gasteiger partial charge in [-0.25, -0.2) is 0 Å². The van der Waals surface area contributed by atoms with Gasteiger partial charge in [-0.3, -0.25) is 4.79 Å². The average molecular weight is 239 g/mol. The molecule has 0 atom stereocenters. The number of furan rings is 1. The predicted molar refractivity (Wildman–Crippen MR) is 61.9 cm³/mol. The molecule has 0 fully saturated rings. The van der Waals surface area contributed by atoms with E-state index in [9.17, 15) is 4.79 Å². The quantitative estimate of drug-likeness (QED) is 0.872. The Morgan fingerprint density at radius 2 is 2.12 bits per heavy atom. The molecule has 0 spiro atoms. The summed E-state index contributed by atoms with van der Waals surface area (Å²) in [5, 5.41) is 10.4. The van der Waals surface area contributed by atoms with Crippen molar-refractivity contribution >= 4 is 28.5 Å². The highest BCUT2D eigenvalue weighted by Crippen LogP contribution is 2.32. The number of rotatable bonds is 2. The fraction of sp³-hybridized carbons (Fsp3) is 0.250. The maximum atomic E-state index is 11.1. The molecule has 4 heteroatoms. The Morgan fingerprint density at radius 3 is 2.69 bits per heavy atom. The van der Waals surface area contributed by atoms with Gasteiger partial charge in [-0.05, 0) is 32.0 Å². The first-order valence-electron chi connectivity index (χ1n) is 4.85. The minimum Gasteiger partial charge on any atom is -0.481 e. The molecule has 3 nitrogen and oxygen atoms in total. The summed E-state index contributed by atoms with van der Waals surface area (Å²) in [6, 6.07) is 6.97. The van der Waals surface area contributed by atoms with E-state index in [1.165, 1.54) is 0 Å². The van der Waals surface area contributed by atoms with Crippen molar-refractivity contribution in [3.63, 3.8) is 0 Å². The third-order valence-electron chi connectivity index (χ3n) is 2.66. The van der Waals surface area contributed by atoms with Gasteiger partial charge in [0, 0.05) is 5.39 Å². The van der Waals surface area contributed by atoms with Crippen LogP contribution in [-0.4, -0.2) is 11.1 Å². The zero-order valence-electron chi connectivity index (χ0n) is 8.95. The zero-order valence-corrected chi connectivity index (χ0v) is 9.71. The van der Waals surface area contributed by atoms with Crippen LogP contribution in [0, 0.1) is 0 Å². The molecule has 1 aromatic carbocycles. The minimum absolute atomic E-state index is 0.406. The molecular formula is C12H11ClO3. The van der Waals surface area contributed by atoms with Crippen LogP contribution < -0.4 is 0 Å². The van der Waals surface area contributed by atoms with Crippen LogP contribution in [0.25, 0.3) is 11.0 Å². The number of aliphatic carboxylic acids is 1. The van der Waals surface area contributed by atoms with Gasteiger partial charge in [0.2, 0.25) is 0 Å². The van der Waals surface area contributed by atoms with Crippen molar-refractivity contribution in [1.82, 2.24) is 0 Å². The molecule has 2 aromatic rings. The Morgan fingerprint density at radius 1 is 1.44 bits per heavy atom. The fourth-order valence-corrected chi connectivity index (χ4v) is 1.66. The molecule has 0 aliphatic carbocycles. The van der Waals surface area contributed by atoms with Gasteiger partial charge < -0.3 is 9.52 Å². The average Bonchev–Trinajstić information content (AvgIpc) is 2.63. The van der Waals surface area contributed by atoms with Crippen LogP contribution >= 0.6 is 11.6 Å². The van der Waals surface area contributed by atoms with E-state index in [0.717, 1.165) is 5.39 Å². The van der Waals surface area contributed by atoms with E-state index in [2.05, 4.69) is 0 Å². The Balaban J connectivity index is 2.64. The van der Waals surface area contributed by atoms with E-state index >= 15 is 0 Å². The van der Waals surface area contributed by atoms with E-state index in [4.69, 9.17) is 21.1 Å². The van der Waals surface area contributed by atoms with Crippen LogP contribution in [0.15, 0.2) is 28.7 Å². The number of hydrogen-bond acceptors (Lipinski definition) is 2. The SMILES string of the molecule is CC(C)(C(=O)O)c1cc2c(Cl)cccc2o1. The number of carbonyl (C=O) groups is 1. The van der Waals surface area contributed by atoms with Gasteiger partial charge in [-0.15, -0.1) is 0 Å². The normalized spacial score (nSPS) is 11.9. The number of carboxylic acid groups (broad SMARTS) is 1. The second kappa shape index (κ2) is 3.52. The van der Waals surface area contributed by atoms with E-state index in [-0.39, 0.29) is 0 Å². The molecule has 84 valence electrons. The van der Waals surface area contributed by atoms with E-state index in [0.29, 0.717) is 16.4 Å². The fourth-order valence-electron chi connectivity index (χ4n) is 1.44. The van der Waals surface area contributed by atoms with Gasteiger partial charge in [-0.2, -0.15) is 0 Å². The summed E-state index contributed by atoms with van der Waals surface area (Å²) in [7, 11) is 0. The lowest BCUT2D eigenvalue weighted by Gasteiger charge is -2.15. The molecule has 0 radical (unpaired) electrons. The van der Waals surface area contributed by atoms with Gasteiger partial charge in [0.1, 0.15) is 16.8 Å². The summed E-state index contributed by atoms with van der Waals surface area (Å²) in [4.78, 5) is 11.1. The number of carboxylic acids is 1. The molecule has 1 heterocycles. The third-order valence-corrected chi connectivity index (χ3v) is 2.99. The van der Waals surface area contributed by atoms with Crippen molar-refractivity contribution in [3.05, 3.63) is 35.0 Å². The first-order valence-corrected chi connectivity index (χ1v) is 5.22. The van der Waals surface area contributed by atoms with Gasteiger partial charge in [0.05, 0.1) is 5.02 Å². The topological polar surface area (TPSA) is 50.4 Å². The lowest BCUT2D eigenvalue weighted by molar-refractivity contribution is -0.143. The summed E-state index contributed by atoms with van der Waals surface area (Å²) in [5.74, 6) is -0.522. The second-order valence-electron chi connectivity index (χ2n) is 4.19. The van der Waals surface area contributed by atoms with Crippen LogP contribution in [0.4, 0.5) is 0 Å². The standard InChI is InChI=1S/C12H11ClO3/c1-12(2,11(14)15)10-6-7-8(13)4-3-5-9(7)16-10/h3-6H,1-2H3,(H,14,15). The van der Waals surface area contributed by atoms with Crippen molar-refractivity contribution in [2.24, 2.45) is 0 Å². The summed E-state index contributed by atoms with van der Waals surface area (Å²) in [6.45, 7) is 3.20. The molecule has 0 bridgehead atoms. The predicted octanol–water partition coefficient (Wildman–Crippen LogP) is 3.45. The molecule has 0 saturated carbocycles. The van der Waals surface area contributed by atoms with Gasteiger partial charge in [0.15, 0.2) is 0 Å². The molecule has 0 aliphatic rings. The number of benzene rings is 1. The third kappa shape index (κ3) is 1.57. The van der Waals surface area contributed by atoms with Crippen molar-refractivity contribution in [3.8, 4) is 0 Å². The molecule has 0 amide bonds. The highest BCUT2D eigenvalue weighted by molar-refractivity contribution is 6.35. The highest BCUT2D eigenvalue weighted by atomic mass is 35.5. The number of halogens is 1. The summed E-state index contributed by atoms with van der Waals surface area (Å²) in [5.41, 5.74) is -0.445. The molecule has 1 N–H and O–H groups in total. The van der Waals surface area contributed by atoms with Crippen molar-refractivity contribution < 1.29 is 14.3 Å². The smallest absolute Gasteiger partial charge is 0.316 e. The first-order chi connectivity index (χ1) is 7.43. The van der Waals surface area contributed by atoms with E-state index < -0.39 is 11.4 Å². The molecule has 2 rings (SSSR count). The van der Waals surface area contributed by atoms with Crippen molar-refractivity contribution in [2.45, 2.75) is 19.3 Å². The van der Waals surface area contributed by atoms with Gasteiger partial charge >= 0.3 is 5.97 Å². The molecule has 16 heavy (non-hydrogen) atoms. The zero-order chi connectivity index (χ0) is 11.9.